The molecule has 0 spiro atoms. The number of nitrogens with one attached hydrogen (secondary N) is 4. The Morgan fingerprint density at radius 2 is 1.03 bits per heavy atom. The predicted octanol–water partition coefficient (Wildman–Crippen LogP) is 4.08. The van der Waals surface area contributed by atoms with Gasteiger partial charge in [0, 0.05) is 50.9 Å². The van der Waals surface area contributed by atoms with E-state index in [1.807, 2.05) is 41.5 Å². The van der Waals surface area contributed by atoms with Gasteiger partial charge < -0.3 is 21.3 Å². The predicted molar refractivity (Wildman–Crippen MR) is 129 cm³/mol. The molecule has 0 saturated heterocycles. The van der Waals surface area contributed by atoms with Crippen molar-refractivity contribution in [3.63, 3.8) is 0 Å². The Labute approximate surface area is 194 Å². The third-order valence-corrected chi connectivity index (χ3v) is 4.47. The molecule has 0 atom stereocenters. The van der Waals surface area contributed by atoms with Crippen LogP contribution in [0.1, 0.15) is 99.3 Å². The van der Waals surface area contributed by atoms with Gasteiger partial charge in [-0.15, -0.1) is 0 Å². The van der Waals surface area contributed by atoms with Gasteiger partial charge in [-0.3, -0.25) is 9.59 Å². The van der Waals surface area contributed by atoms with Gasteiger partial charge in [0.15, 0.2) is 0 Å². The molecule has 8 heteroatoms. The molecule has 0 unspecified atom stereocenters. The van der Waals surface area contributed by atoms with Gasteiger partial charge in [-0.05, 0) is 51.9 Å². The van der Waals surface area contributed by atoms with Crippen LogP contribution in [0.4, 0.5) is 9.59 Å². The Bertz CT molecular complexity index is 540. The number of urea groups is 2. The van der Waals surface area contributed by atoms with Gasteiger partial charge in [0.05, 0.1) is 0 Å². The molecule has 4 amide bonds. The molecule has 0 heterocycles. The van der Waals surface area contributed by atoms with Crippen molar-refractivity contribution in [1.29, 1.82) is 0 Å². The molecule has 0 aromatic rings. The van der Waals surface area contributed by atoms with Crippen molar-refractivity contribution in [2.24, 2.45) is 5.41 Å². The second-order valence-electron chi connectivity index (χ2n) is 10.6. The second kappa shape index (κ2) is 15.6. The van der Waals surface area contributed by atoms with E-state index in [4.69, 9.17) is 0 Å². The van der Waals surface area contributed by atoms with Crippen molar-refractivity contribution in [3.05, 3.63) is 0 Å². The third-order valence-electron chi connectivity index (χ3n) is 4.47. The smallest absolute Gasteiger partial charge is 0.315 e. The van der Waals surface area contributed by atoms with Crippen molar-refractivity contribution in [1.82, 2.24) is 21.3 Å². The molecule has 8 nitrogen and oxygen atoms in total. The number of rotatable bonds is 15. The van der Waals surface area contributed by atoms with E-state index in [0.717, 1.165) is 19.3 Å². The molecule has 0 aliphatic rings. The number of carbonyl (C=O) groups is 4. The average Bonchev–Trinajstić information content (AvgIpc) is 2.62. The Hall–Kier alpha value is -2.12. The van der Waals surface area contributed by atoms with Crippen molar-refractivity contribution in [2.75, 3.05) is 19.6 Å². The molecule has 0 aromatic heterocycles. The van der Waals surface area contributed by atoms with Crippen molar-refractivity contribution >= 4 is 23.6 Å². The molecule has 0 saturated carbocycles. The number of hydrogen-bond acceptors (Lipinski definition) is 4. The number of ketones is 2. The highest BCUT2D eigenvalue weighted by Gasteiger charge is 2.15. The fraction of sp³-hybridized carbons (Fsp3) is 0.833. The maximum absolute atomic E-state index is 11.9. The minimum Gasteiger partial charge on any atom is -0.338 e. The highest BCUT2D eigenvalue weighted by atomic mass is 16.2. The number of carbonyl (C=O) groups excluding carboxylic acids is 4. The molecule has 0 fully saturated rings. The van der Waals surface area contributed by atoms with Crippen LogP contribution in [0.2, 0.25) is 0 Å². The lowest BCUT2D eigenvalue weighted by Crippen LogP contribution is -2.46. The summed E-state index contributed by atoms with van der Waals surface area (Å²) in [6.07, 6.45) is 5.84. The van der Waals surface area contributed by atoms with E-state index in [-0.39, 0.29) is 34.6 Å². The molecule has 0 aliphatic heterocycles. The fourth-order valence-corrected chi connectivity index (χ4v) is 3.05. The van der Waals surface area contributed by atoms with Crippen molar-refractivity contribution < 1.29 is 19.2 Å². The van der Waals surface area contributed by atoms with Crippen LogP contribution >= 0.6 is 0 Å². The normalized spacial score (nSPS) is 11.6. The summed E-state index contributed by atoms with van der Waals surface area (Å²) in [6, 6.07) is -0.428. The molecular formula is C24H46N4O4. The molecular weight excluding hydrogens is 408 g/mol. The van der Waals surface area contributed by atoms with Crippen LogP contribution < -0.4 is 21.3 Å². The Morgan fingerprint density at radius 3 is 1.56 bits per heavy atom. The Morgan fingerprint density at radius 1 is 0.562 bits per heavy atom. The Kier molecular flexibility index (Phi) is 14.6. The van der Waals surface area contributed by atoms with Crippen LogP contribution in [-0.2, 0) is 9.59 Å². The molecule has 32 heavy (non-hydrogen) atoms. The lowest BCUT2D eigenvalue weighted by molar-refractivity contribution is -0.121. The number of hydrogen-bond donors (Lipinski definition) is 4. The van der Waals surface area contributed by atoms with E-state index in [9.17, 15) is 19.2 Å². The zero-order valence-corrected chi connectivity index (χ0v) is 21.1. The van der Waals surface area contributed by atoms with Crippen molar-refractivity contribution in [3.8, 4) is 0 Å². The van der Waals surface area contributed by atoms with E-state index in [2.05, 4.69) is 21.3 Å². The van der Waals surface area contributed by atoms with E-state index in [1.165, 1.54) is 0 Å². The van der Waals surface area contributed by atoms with Crippen LogP contribution in [0.15, 0.2) is 0 Å². The molecule has 0 aliphatic carbocycles. The molecule has 0 aromatic carbocycles. The fourth-order valence-electron chi connectivity index (χ4n) is 3.05. The number of Topliss-reactive ketones (excluding diaryl/α,β-unsaturated/α-hetero) is 2. The van der Waals surface area contributed by atoms with Crippen LogP contribution in [0.5, 0.6) is 0 Å². The second-order valence-corrected chi connectivity index (χ2v) is 10.6. The van der Waals surface area contributed by atoms with E-state index in [0.29, 0.717) is 58.2 Å². The van der Waals surface area contributed by atoms with Gasteiger partial charge >= 0.3 is 12.1 Å². The van der Waals surface area contributed by atoms with Gasteiger partial charge in [0.25, 0.3) is 0 Å². The first-order valence-electron chi connectivity index (χ1n) is 11.9. The summed E-state index contributed by atoms with van der Waals surface area (Å²) >= 11 is 0. The topological polar surface area (TPSA) is 116 Å². The number of amides is 4. The summed E-state index contributed by atoms with van der Waals surface area (Å²) in [5.74, 6) is 0.436. The SMILES string of the molecule is CC(C)(C)CC(=O)CCCNC(=O)NCCCCCC(=O)CCCNC(=O)NC(C)(C)C. The summed E-state index contributed by atoms with van der Waals surface area (Å²) < 4.78 is 0. The first kappa shape index (κ1) is 29.9. The highest BCUT2D eigenvalue weighted by molar-refractivity contribution is 5.79. The molecule has 0 radical (unpaired) electrons. The summed E-state index contributed by atoms with van der Waals surface area (Å²) in [5, 5.41) is 11.1. The summed E-state index contributed by atoms with van der Waals surface area (Å²) in [4.78, 5) is 47.0. The summed E-state index contributed by atoms with van der Waals surface area (Å²) in [7, 11) is 0. The molecule has 186 valence electrons. The van der Waals surface area contributed by atoms with E-state index in [1.54, 1.807) is 0 Å². The van der Waals surface area contributed by atoms with Crippen LogP contribution in [-0.4, -0.2) is 48.8 Å². The minimum absolute atomic E-state index is 0.00771. The molecule has 4 N–H and O–H groups in total. The van der Waals surface area contributed by atoms with Gasteiger partial charge in [-0.1, -0.05) is 27.2 Å². The molecule has 0 bridgehead atoms. The highest BCUT2D eigenvalue weighted by Crippen LogP contribution is 2.19. The average molecular weight is 455 g/mol. The van der Waals surface area contributed by atoms with Gasteiger partial charge in [0.2, 0.25) is 0 Å². The maximum Gasteiger partial charge on any atom is 0.315 e. The lowest BCUT2D eigenvalue weighted by atomic mass is 9.89. The Balaban J connectivity index is 3.56. The maximum atomic E-state index is 11.9. The van der Waals surface area contributed by atoms with Gasteiger partial charge in [0.1, 0.15) is 11.6 Å². The summed E-state index contributed by atoms with van der Waals surface area (Å²) in [5.41, 5.74) is -0.268. The van der Waals surface area contributed by atoms with Crippen LogP contribution in [0.3, 0.4) is 0 Å². The van der Waals surface area contributed by atoms with Gasteiger partial charge in [-0.25, -0.2) is 9.59 Å². The third kappa shape index (κ3) is 21.1. The first-order valence-corrected chi connectivity index (χ1v) is 11.9. The van der Waals surface area contributed by atoms with E-state index < -0.39 is 0 Å². The monoisotopic (exact) mass is 454 g/mol. The zero-order valence-electron chi connectivity index (χ0n) is 21.1. The van der Waals surface area contributed by atoms with Gasteiger partial charge in [-0.2, -0.15) is 0 Å². The zero-order chi connectivity index (χ0) is 24.6. The van der Waals surface area contributed by atoms with Crippen LogP contribution in [0.25, 0.3) is 0 Å². The standard InChI is InChI=1S/C24H46N4O4/c1-23(2,3)18-20(30)14-11-16-26-21(31)25-15-9-7-8-12-19(29)13-10-17-27-22(32)28-24(4,5)6/h7-18H2,1-6H3,(H2,25,26,31)(H2,27,28,32). The lowest BCUT2D eigenvalue weighted by Gasteiger charge is -2.20. The largest absolute Gasteiger partial charge is 0.338 e. The number of unbranched alkanes of at least 4 members (excludes halogenated alkanes) is 2. The minimum atomic E-state index is -0.276. The van der Waals surface area contributed by atoms with Crippen molar-refractivity contribution in [2.45, 2.75) is 105 Å². The van der Waals surface area contributed by atoms with Crippen LogP contribution in [0, 0.1) is 5.41 Å². The quantitative estimate of drug-likeness (QED) is 0.279. The molecule has 0 rings (SSSR count). The van der Waals surface area contributed by atoms with E-state index >= 15 is 0 Å². The summed E-state index contributed by atoms with van der Waals surface area (Å²) in [6.45, 7) is 13.4. The first-order chi connectivity index (χ1) is 14.8.